The van der Waals surface area contributed by atoms with Crippen molar-refractivity contribution in [3.63, 3.8) is 0 Å². The summed E-state index contributed by atoms with van der Waals surface area (Å²) in [5, 5.41) is 6.42. The molecule has 0 saturated heterocycles. The van der Waals surface area contributed by atoms with Crippen LogP contribution in [0.1, 0.15) is 50.7 Å². The van der Waals surface area contributed by atoms with Crippen molar-refractivity contribution in [2.24, 2.45) is 0 Å². The Hall–Kier alpha value is -4.00. The second-order valence-electron chi connectivity index (χ2n) is 8.03. The third-order valence-corrected chi connectivity index (χ3v) is 5.73. The molecule has 32 heavy (non-hydrogen) atoms. The molecule has 5 rings (SSSR count). The Kier molecular flexibility index (Phi) is 5.15. The van der Waals surface area contributed by atoms with Crippen molar-refractivity contribution >= 4 is 22.7 Å². The van der Waals surface area contributed by atoms with E-state index in [1.165, 1.54) is 5.56 Å². The molecule has 0 radical (unpaired) electrons. The first kappa shape index (κ1) is 19.9. The van der Waals surface area contributed by atoms with Gasteiger partial charge in [-0.05, 0) is 48.1 Å². The minimum Gasteiger partial charge on any atom is -0.354 e. The largest absolute Gasteiger partial charge is 0.354 e. The second kappa shape index (κ2) is 8.26. The van der Waals surface area contributed by atoms with Crippen LogP contribution >= 0.6 is 0 Å². The highest BCUT2D eigenvalue weighted by Gasteiger charge is 2.26. The second-order valence-corrected chi connectivity index (χ2v) is 8.03. The first-order chi connectivity index (χ1) is 15.6. The van der Waals surface area contributed by atoms with Crippen LogP contribution in [0.5, 0.6) is 0 Å². The molecule has 0 aliphatic heterocycles. The summed E-state index contributed by atoms with van der Waals surface area (Å²) < 4.78 is 0. The van der Waals surface area contributed by atoms with E-state index < -0.39 is 0 Å². The number of rotatable bonds is 6. The van der Waals surface area contributed by atoms with Gasteiger partial charge in [0.2, 0.25) is 0 Å². The molecule has 1 fully saturated rings. The molecule has 0 unspecified atom stereocenters. The molecule has 1 saturated carbocycles. The average molecular weight is 425 g/mol. The van der Waals surface area contributed by atoms with Crippen LogP contribution in [0.2, 0.25) is 0 Å². The molecule has 3 N–H and O–H groups in total. The third-order valence-electron chi connectivity index (χ3n) is 5.73. The summed E-state index contributed by atoms with van der Waals surface area (Å²) in [6.07, 6.45) is 5.42. The summed E-state index contributed by atoms with van der Waals surface area (Å²) in [6, 6.07) is 15.8. The minimum atomic E-state index is -0.221. The van der Waals surface area contributed by atoms with Crippen LogP contribution in [-0.4, -0.2) is 33.8 Å². The van der Waals surface area contributed by atoms with Crippen LogP contribution in [0.4, 0.5) is 0 Å². The maximum absolute atomic E-state index is 12.5. The lowest BCUT2D eigenvalue weighted by Crippen LogP contribution is -2.23. The summed E-state index contributed by atoms with van der Waals surface area (Å²) >= 11 is 0. The third kappa shape index (κ3) is 3.97. The van der Waals surface area contributed by atoms with Crippen molar-refractivity contribution in [2.75, 3.05) is 7.05 Å². The van der Waals surface area contributed by atoms with Gasteiger partial charge in [0.05, 0.1) is 5.56 Å². The van der Waals surface area contributed by atoms with Crippen LogP contribution in [0.3, 0.4) is 0 Å². The maximum atomic E-state index is 12.5. The SMILES string of the molecule is CNC(=O)c1cc2c(-c3ncc(C(=O)NCc4ccccc4)cn3)cc(C3CC3)cc2[nH]1. The highest BCUT2D eigenvalue weighted by molar-refractivity contribution is 6.02. The van der Waals surface area contributed by atoms with Gasteiger partial charge in [0.1, 0.15) is 5.69 Å². The van der Waals surface area contributed by atoms with E-state index in [4.69, 9.17) is 0 Å². The minimum absolute atomic E-state index is 0.175. The number of carbonyl (C=O) groups is 2. The number of benzene rings is 2. The zero-order chi connectivity index (χ0) is 22.1. The predicted octanol–water partition coefficient (Wildman–Crippen LogP) is 3.79. The van der Waals surface area contributed by atoms with Crippen LogP contribution in [0, 0.1) is 0 Å². The topological polar surface area (TPSA) is 99.8 Å². The van der Waals surface area contributed by atoms with Gasteiger partial charge in [-0.25, -0.2) is 9.97 Å². The average Bonchev–Trinajstić information content (AvgIpc) is 3.60. The maximum Gasteiger partial charge on any atom is 0.267 e. The summed E-state index contributed by atoms with van der Waals surface area (Å²) in [7, 11) is 1.61. The van der Waals surface area contributed by atoms with Gasteiger partial charge in [0.15, 0.2) is 5.82 Å². The van der Waals surface area contributed by atoms with Crippen LogP contribution in [0.25, 0.3) is 22.3 Å². The van der Waals surface area contributed by atoms with E-state index in [1.54, 1.807) is 19.4 Å². The number of nitrogens with zero attached hydrogens (tertiary/aromatic N) is 2. The lowest BCUT2D eigenvalue weighted by molar-refractivity contribution is 0.0945. The van der Waals surface area contributed by atoms with Crippen molar-refractivity contribution in [1.29, 1.82) is 0 Å². The Balaban J connectivity index is 1.43. The van der Waals surface area contributed by atoms with E-state index >= 15 is 0 Å². The summed E-state index contributed by atoms with van der Waals surface area (Å²) in [5.41, 5.74) is 4.87. The summed E-state index contributed by atoms with van der Waals surface area (Å²) in [6.45, 7) is 0.442. The number of carbonyl (C=O) groups excluding carboxylic acids is 2. The summed E-state index contributed by atoms with van der Waals surface area (Å²) in [4.78, 5) is 36.8. The first-order valence-electron chi connectivity index (χ1n) is 10.7. The number of fused-ring (bicyclic) bond motifs is 1. The van der Waals surface area contributed by atoms with Gasteiger partial charge in [0.25, 0.3) is 11.8 Å². The molecule has 1 aliphatic carbocycles. The van der Waals surface area contributed by atoms with Gasteiger partial charge in [-0.2, -0.15) is 0 Å². The molecule has 2 aromatic heterocycles. The standard InChI is InChI=1S/C25H23N5O2/c1-26-25(32)22-11-19-20(9-17(16-7-8-16)10-21(19)30-22)23-27-13-18(14-28-23)24(31)29-12-15-5-3-2-4-6-15/h2-6,9-11,13-14,16,30H,7-8,12H2,1H3,(H,26,32)(H,29,31). The van der Waals surface area contributed by atoms with Gasteiger partial charge >= 0.3 is 0 Å². The molecule has 7 heteroatoms. The van der Waals surface area contributed by atoms with Crippen molar-refractivity contribution in [1.82, 2.24) is 25.6 Å². The van der Waals surface area contributed by atoms with Crippen molar-refractivity contribution in [2.45, 2.75) is 25.3 Å². The smallest absolute Gasteiger partial charge is 0.267 e. The fraction of sp³-hybridized carbons (Fsp3) is 0.200. The van der Waals surface area contributed by atoms with Crippen LogP contribution in [0.15, 0.2) is 60.9 Å². The van der Waals surface area contributed by atoms with Gasteiger partial charge in [-0.3, -0.25) is 9.59 Å². The zero-order valence-electron chi connectivity index (χ0n) is 17.7. The van der Waals surface area contributed by atoms with E-state index in [1.807, 2.05) is 36.4 Å². The van der Waals surface area contributed by atoms with E-state index in [2.05, 4.69) is 37.7 Å². The Morgan fingerprint density at radius 1 is 1.03 bits per heavy atom. The molecule has 0 bridgehead atoms. The van der Waals surface area contributed by atoms with E-state index in [-0.39, 0.29) is 11.8 Å². The van der Waals surface area contributed by atoms with E-state index in [0.717, 1.165) is 34.9 Å². The van der Waals surface area contributed by atoms with Gasteiger partial charge in [-0.1, -0.05) is 30.3 Å². The number of H-pyrrole nitrogens is 1. The molecule has 2 amide bonds. The quantitative estimate of drug-likeness (QED) is 0.438. The van der Waals surface area contributed by atoms with Gasteiger partial charge in [-0.15, -0.1) is 0 Å². The lowest BCUT2D eigenvalue weighted by Gasteiger charge is -2.08. The van der Waals surface area contributed by atoms with Gasteiger partial charge in [0, 0.05) is 42.5 Å². The first-order valence-corrected chi connectivity index (χ1v) is 10.7. The number of hydrogen-bond donors (Lipinski definition) is 3. The number of aromatic amines is 1. The molecule has 160 valence electrons. The zero-order valence-corrected chi connectivity index (χ0v) is 17.7. The van der Waals surface area contributed by atoms with Crippen molar-refractivity contribution < 1.29 is 9.59 Å². The van der Waals surface area contributed by atoms with Crippen LogP contribution < -0.4 is 10.6 Å². The Morgan fingerprint density at radius 3 is 2.47 bits per heavy atom. The Bertz CT molecular complexity index is 1290. The predicted molar refractivity (Wildman–Crippen MR) is 122 cm³/mol. The highest BCUT2D eigenvalue weighted by Crippen LogP contribution is 2.43. The number of nitrogens with one attached hydrogen (secondary N) is 3. The molecule has 0 atom stereocenters. The highest BCUT2D eigenvalue weighted by atomic mass is 16.2. The van der Waals surface area contributed by atoms with E-state index in [9.17, 15) is 9.59 Å². The van der Waals surface area contributed by atoms with Crippen molar-refractivity contribution in [3.05, 3.63) is 83.3 Å². The van der Waals surface area contributed by atoms with Gasteiger partial charge < -0.3 is 15.6 Å². The lowest BCUT2D eigenvalue weighted by atomic mass is 10.0. The number of hydrogen-bond acceptors (Lipinski definition) is 4. The molecule has 1 aliphatic rings. The molecule has 7 nitrogen and oxygen atoms in total. The molecule has 0 spiro atoms. The molecular formula is C25H23N5O2. The van der Waals surface area contributed by atoms with Crippen LogP contribution in [-0.2, 0) is 6.54 Å². The van der Waals surface area contributed by atoms with E-state index in [0.29, 0.717) is 29.5 Å². The Labute approximate surface area is 185 Å². The number of aromatic nitrogens is 3. The fourth-order valence-electron chi connectivity index (χ4n) is 3.82. The van der Waals surface area contributed by atoms with Crippen molar-refractivity contribution in [3.8, 4) is 11.4 Å². The monoisotopic (exact) mass is 425 g/mol. The summed E-state index contributed by atoms with van der Waals surface area (Å²) in [5.74, 6) is 0.666. The molecule has 2 heterocycles. The normalized spacial score (nSPS) is 13.2. The Morgan fingerprint density at radius 2 is 1.78 bits per heavy atom. The molecule has 2 aromatic carbocycles. The molecule has 4 aromatic rings. The fourth-order valence-corrected chi connectivity index (χ4v) is 3.82. The molecular weight excluding hydrogens is 402 g/mol. The number of amides is 2.